The highest BCUT2D eigenvalue weighted by molar-refractivity contribution is 5.98. The van der Waals surface area contributed by atoms with Crippen LogP contribution in [0.1, 0.15) is 30.1 Å². The van der Waals surface area contributed by atoms with E-state index in [0.717, 1.165) is 12.8 Å². The topological polar surface area (TPSA) is 108 Å². The van der Waals surface area contributed by atoms with Gasteiger partial charge in [0.05, 0.1) is 24.5 Å². The fourth-order valence-corrected chi connectivity index (χ4v) is 3.64. The lowest BCUT2D eigenvalue weighted by Crippen LogP contribution is -2.49. The van der Waals surface area contributed by atoms with Gasteiger partial charge in [-0.1, -0.05) is 0 Å². The van der Waals surface area contributed by atoms with Gasteiger partial charge in [0.1, 0.15) is 17.5 Å². The molecule has 9 nitrogen and oxygen atoms in total. The lowest BCUT2D eigenvalue weighted by atomic mass is 9.99. The summed E-state index contributed by atoms with van der Waals surface area (Å²) < 4.78 is 35.8. The summed E-state index contributed by atoms with van der Waals surface area (Å²) in [4.78, 5) is 20.5. The van der Waals surface area contributed by atoms with E-state index in [2.05, 4.69) is 19.9 Å². The Morgan fingerprint density at radius 1 is 1.16 bits per heavy atom. The molecule has 1 aliphatic rings. The van der Waals surface area contributed by atoms with E-state index >= 15 is 0 Å². The van der Waals surface area contributed by atoms with Crippen molar-refractivity contribution in [3.05, 3.63) is 54.5 Å². The van der Waals surface area contributed by atoms with E-state index in [9.17, 15) is 13.6 Å². The number of rotatable bonds is 6. The minimum Gasteiger partial charge on any atom is -0.472 e. The number of alkyl halides is 2. The molecule has 1 aromatic carbocycles. The van der Waals surface area contributed by atoms with Crippen LogP contribution >= 0.6 is 0 Å². The number of nitrogen functional groups attached to an aromatic ring is 1. The van der Waals surface area contributed by atoms with Crippen molar-refractivity contribution in [3.8, 4) is 17.3 Å². The highest BCUT2D eigenvalue weighted by Gasteiger charge is 2.32. The van der Waals surface area contributed by atoms with Crippen LogP contribution < -0.4 is 15.2 Å². The molecule has 168 valence electrons. The molecule has 3 heterocycles. The first kappa shape index (κ1) is 21.5. The van der Waals surface area contributed by atoms with Crippen LogP contribution in [-0.4, -0.2) is 56.1 Å². The molecule has 2 atom stereocenters. The molecule has 0 aliphatic carbocycles. The molecule has 1 amide bonds. The molecule has 0 saturated carbocycles. The molecule has 0 unspecified atom stereocenters. The number of pyridine rings is 1. The van der Waals surface area contributed by atoms with Gasteiger partial charge in [-0.3, -0.25) is 4.79 Å². The number of halogens is 2. The van der Waals surface area contributed by atoms with Gasteiger partial charge in [0.25, 0.3) is 5.91 Å². The first-order chi connectivity index (χ1) is 15.4. The van der Waals surface area contributed by atoms with Gasteiger partial charge < -0.3 is 20.1 Å². The lowest BCUT2D eigenvalue weighted by Gasteiger charge is -2.38. The number of hydrogen-bond acceptors (Lipinski definition) is 7. The monoisotopic (exact) mass is 444 g/mol. The molecule has 0 spiro atoms. The van der Waals surface area contributed by atoms with Gasteiger partial charge >= 0.3 is 6.61 Å². The highest BCUT2D eigenvalue weighted by Crippen LogP contribution is 2.27. The molecular weight excluding hydrogens is 422 g/mol. The van der Waals surface area contributed by atoms with Crippen molar-refractivity contribution in [2.75, 3.05) is 12.3 Å². The van der Waals surface area contributed by atoms with E-state index in [4.69, 9.17) is 10.5 Å². The van der Waals surface area contributed by atoms with Crippen LogP contribution in [0, 0.1) is 0 Å². The van der Waals surface area contributed by atoms with E-state index in [1.165, 1.54) is 35.4 Å². The predicted octanol–water partition coefficient (Wildman–Crippen LogP) is 2.92. The van der Waals surface area contributed by atoms with Crippen molar-refractivity contribution >= 4 is 11.6 Å². The Kier molecular flexibility index (Phi) is 6.15. The Balaban J connectivity index is 1.59. The highest BCUT2D eigenvalue weighted by atomic mass is 19.3. The lowest BCUT2D eigenvalue weighted by molar-refractivity contribution is -0.0498. The van der Waals surface area contributed by atoms with Gasteiger partial charge in [-0.25, -0.2) is 4.98 Å². The zero-order chi connectivity index (χ0) is 22.7. The molecule has 2 N–H and O–H groups in total. The van der Waals surface area contributed by atoms with E-state index in [-0.39, 0.29) is 35.1 Å². The number of piperidine rings is 1. The number of nitrogens with two attached hydrogens (primary N) is 1. The molecule has 1 fully saturated rings. The van der Waals surface area contributed by atoms with Crippen LogP contribution in [0.5, 0.6) is 11.6 Å². The van der Waals surface area contributed by atoms with Crippen LogP contribution in [0.25, 0.3) is 5.69 Å². The van der Waals surface area contributed by atoms with Gasteiger partial charge in [0.2, 0.25) is 5.88 Å². The van der Waals surface area contributed by atoms with Gasteiger partial charge in [-0.15, -0.1) is 0 Å². The number of hydrogen-bond donors (Lipinski definition) is 1. The minimum atomic E-state index is -2.99. The molecule has 11 heteroatoms. The van der Waals surface area contributed by atoms with Crippen molar-refractivity contribution in [2.24, 2.45) is 0 Å². The number of benzene rings is 1. The number of amides is 1. The van der Waals surface area contributed by atoms with Crippen LogP contribution in [0.3, 0.4) is 0 Å². The van der Waals surface area contributed by atoms with E-state index in [1.54, 1.807) is 23.2 Å². The normalized spacial score (nSPS) is 18.6. The molecule has 1 aliphatic heterocycles. The largest absolute Gasteiger partial charge is 0.472 e. The van der Waals surface area contributed by atoms with Crippen molar-refractivity contribution in [3.63, 3.8) is 0 Å². The van der Waals surface area contributed by atoms with Gasteiger partial charge in [0.15, 0.2) is 0 Å². The summed E-state index contributed by atoms with van der Waals surface area (Å²) >= 11 is 0. The summed E-state index contributed by atoms with van der Waals surface area (Å²) in [5.41, 5.74) is 6.83. The standard InChI is InChI=1S/C21H22F2N6O3/c1-13-2-3-16(31-19-10-14(24)6-7-25-19)12-28(13)20(30)17-5-4-15(32-21(22)23)11-18(17)29-26-8-9-27-29/h4-11,13,16,21H,2-3,12H2,1H3,(H2,24,25)/t13-,16-/m1/s1. The second-order valence-corrected chi connectivity index (χ2v) is 7.43. The number of carbonyl (C=O) groups excluding carboxylic acids is 1. The zero-order valence-electron chi connectivity index (χ0n) is 17.3. The van der Waals surface area contributed by atoms with Crippen molar-refractivity contribution in [1.82, 2.24) is 24.9 Å². The molecule has 1 saturated heterocycles. The smallest absolute Gasteiger partial charge is 0.387 e. The Bertz CT molecular complexity index is 1080. The molecule has 0 radical (unpaired) electrons. The summed E-state index contributed by atoms with van der Waals surface area (Å²) in [6.45, 7) is -0.708. The molecule has 2 aromatic heterocycles. The minimum absolute atomic E-state index is 0.0495. The molecule has 32 heavy (non-hydrogen) atoms. The maximum Gasteiger partial charge on any atom is 0.387 e. The fraction of sp³-hybridized carbons (Fsp3) is 0.333. The number of aromatic nitrogens is 4. The SMILES string of the molecule is C[C@@H]1CC[C@@H](Oc2cc(N)ccn2)CN1C(=O)c1ccc(OC(F)F)cc1-n1nccn1. The average Bonchev–Trinajstić information content (AvgIpc) is 3.29. The van der Waals surface area contributed by atoms with Crippen LogP contribution in [0.4, 0.5) is 14.5 Å². The molecular formula is C21H22F2N6O3. The number of nitrogens with zero attached hydrogens (tertiary/aromatic N) is 5. The Morgan fingerprint density at radius 2 is 1.94 bits per heavy atom. The third-order valence-electron chi connectivity index (χ3n) is 5.20. The van der Waals surface area contributed by atoms with Crippen molar-refractivity contribution in [2.45, 2.75) is 38.5 Å². The van der Waals surface area contributed by atoms with Gasteiger partial charge in [-0.05, 0) is 38.0 Å². The van der Waals surface area contributed by atoms with E-state index < -0.39 is 6.61 Å². The van der Waals surface area contributed by atoms with E-state index in [0.29, 0.717) is 18.1 Å². The van der Waals surface area contributed by atoms with Crippen molar-refractivity contribution in [1.29, 1.82) is 0 Å². The number of anilines is 1. The summed E-state index contributed by atoms with van der Waals surface area (Å²) in [6.07, 6.45) is 5.63. The second-order valence-electron chi connectivity index (χ2n) is 7.43. The van der Waals surface area contributed by atoms with E-state index in [1.807, 2.05) is 6.92 Å². The predicted molar refractivity (Wildman–Crippen MR) is 111 cm³/mol. The average molecular weight is 444 g/mol. The quantitative estimate of drug-likeness (QED) is 0.623. The van der Waals surface area contributed by atoms with Gasteiger partial charge in [0, 0.05) is 30.1 Å². The van der Waals surface area contributed by atoms with Crippen LogP contribution in [0.2, 0.25) is 0 Å². The first-order valence-electron chi connectivity index (χ1n) is 10.1. The molecule has 0 bridgehead atoms. The number of likely N-dealkylation sites (tertiary alicyclic amines) is 1. The third-order valence-corrected chi connectivity index (χ3v) is 5.20. The Morgan fingerprint density at radius 3 is 2.66 bits per heavy atom. The Labute approximate surface area is 182 Å². The van der Waals surface area contributed by atoms with Gasteiger partial charge in [-0.2, -0.15) is 23.8 Å². The summed E-state index contributed by atoms with van der Waals surface area (Å²) in [5, 5.41) is 8.08. The van der Waals surface area contributed by atoms with Crippen molar-refractivity contribution < 1.29 is 23.0 Å². The second kappa shape index (κ2) is 9.16. The van der Waals surface area contributed by atoms with Crippen LogP contribution in [0.15, 0.2) is 48.9 Å². The summed E-state index contributed by atoms with van der Waals surface area (Å²) in [5.74, 6) is 0.0126. The Hall–Kier alpha value is -3.76. The third kappa shape index (κ3) is 4.76. The van der Waals surface area contributed by atoms with Crippen LogP contribution in [-0.2, 0) is 0 Å². The molecule has 4 rings (SSSR count). The zero-order valence-corrected chi connectivity index (χ0v) is 17.3. The fourth-order valence-electron chi connectivity index (χ4n) is 3.64. The maximum atomic E-state index is 13.5. The summed E-state index contributed by atoms with van der Waals surface area (Å²) in [6, 6.07) is 7.33. The maximum absolute atomic E-state index is 13.5. The summed E-state index contributed by atoms with van der Waals surface area (Å²) in [7, 11) is 0. The number of ether oxygens (including phenoxy) is 2. The first-order valence-corrected chi connectivity index (χ1v) is 10.1. The number of carbonyl (C=O) groups is 1. The molecule has 3 aromatic rings.